The van der Waals surface area contributed by atoms with Crippen LogP contribution in [-0.4, -0.2) is 28.4 Å². The van der Waals surface area contributed by atoms with Crippen molar-refractivity contribution in [3.63, 3.8) is 0 Å². The van der Waals surface area contributed by atoms with Crippen LogP contribution in [0.3, 0.4) is 0 Å². The van der Waals surface area contributed by atoms with Gasteiger partial charge in [-0.05, 0) is 13.0 Å². The molecule has 0 aliphatic heterocycles. The number of hydrogen-bond donors (Lipinski definition) is 2. The minimum atomic E-state index is -0.848. The van der Waals surface area contributed by atoms with Gasteiger partial charge in [0.2, 0.25) is 0 Å². The minimum absolute atomic E-state index is 0.0109. The SMILES string of the molecule is CC(O)c1cc([N+](=O)[O-])ccc1OCCCO. The van der Waals surface area contributed by atoms with Crippen molar-refractivity contribution in [2.45, 2.75) is 19.4 Å². The lowest BCUT2D eigenvalue weighted by Gasteiger charge is -2.12. The van der Waals surface area contributed by atoms with Crippen molar-refractivity contribution in [2.75, 3.05) is 13.2 Å². The summed E-state index contributed by atoms with van der Waals surface area (Å²) >= 11 is 0. The molecule has 1 aromatic carbocycles. The van der Waals surface area contributed by atoms with E-state index in [-0.39, 0.29) is 12.3 Å². The van der Waals surface area contributed by atoms with E-state index in [1.807, 2.05) is 0 Å². The number of non-ortho nitro benzene ring substituents is 1. The Labute approximate surface area is 98.6 Å². The lowest BCUT2D eigenvalue weighted by Crippen LogP contribution is -2.04. The second-order valence-electron chi connectivity index (χ2n) is 3.58. The third-order valence-electron chi connectivity index (χ3n) is 2.21. The fourth-order valence-corrected chi connectivity index (χ4v) is 1.35. The Morgan fingerprint density at radius 2 is 2.24 bits per heavy atom. The van der Waals surface area contributed by atoms with E-state index >= 15 is 0 Å². The first-order chi connectivity index (χ1) is 8.06. The number of aliphatic hydroxyl groups is 2. The molecule has 0 bridgehead atoms. The van der Waals surface area contributed by atoms with Gasteiger partial charge >= 0.3 is 0 Å². The molecule has 0 aliphatic rings. The first-order valence-electron chi connectivity index (χ1n) is 5.26. The Morgan fingerprint density at radius 3 is 2.76 bits per heavy atom. The maximum Gasteiger partial charge on any atom is 0.270 e. The maximum atomic E-state index is 10.6. The average molecular weight is 241 g/mol. The average Bonchev–Trinajstić information content (AvgIpc) is 2.29. The number of hydrogen-bond acceptors (Lipinski definition) is 5. The van der Waals surface area contributed by atoms with Crippen LogP contribution in [0.25, 0.3) is 0 Å². The number of nitro groups is 1. The summed E-state index contributed by atoms with van der Waals surface area (Å²) < 4.78 is 5.33. The van der Waals surface area contributed by atoms with E-state index in [1.165, 1.54) is 25.1 Å². The summed E-state index contributed by atoms with van der Waals surface area (Å²) in [5.74, 6) is 0.402. The van der Waals surface area contributed by atoms with Crippen LogP contribution in [0.1, 0.15) is 25.0 Å². The van der Waals surface area contributed by atoms with Gasteiger partial charge in [-0.3, -0.25) is 10.1 Å². The van der Waals surface area contributed by atoms with Crippen molar-refractivity contribution >= 4 is 5.69 Å². The zero-order valence-electron chi connectivity index (χ0n) is 9.50. The van der Waals surface area contributed by atoms with E-state index in [9.17, 15) is 15.2 Å². The lowest BCUT2D eigenvalue weighted by atomic mass is 10.1. The van der Waals surface area contributed by atoms with E-state index in [0.717, 1.165) is 0 Å². The van der Waals surface area contributed by atoms with Gasteiger partial charge in [-0.1, -0.05) is 0 Å². The molecule has 2 N–H and O–H groups in total. The van der Waals surface area contributed by atoms with Gasteiger partial charge < -0.3 is 14.9 Å². The molecule has 6 nitrogen and oxygen atoms in total. The molecular formula is C11H15NO5. The second kappa shape index (κ2) is 6.17. The summed E-state index contributed by atoms with van der Waals surface area (Å²) in [4.78, 5) is 10.1. The van der Waals surface area contributed by atoms with E-state index < -0.39 is 11.0 Å². The maximum absolute atomic E-state index is 10.6. The standard InChI is InChI=1S/C11H15NO5/c1-8(14)10-7-9(12(15)16)3-4-11(10)17-6-2-5-13/h3-4,7-8,13-14H,2,5-6H2,1H3. The number of nitrogens with zero attached hydrogens (tertiary/aromatic N) is 1. The smallest absolute Gasteiger partial charge is 0.270 e. The monoisotopic (exact) mass is 241 g/mol. The molecule has 0 fully saturated rings. The normalized spacial score (nSPS) is 12.2. The zero-order valence-corrected chi connectivity index (χ0v) is 9.50. The van der Waals surface area contributed by atoms with Gasteiger partial charge in [0.15, 0.2) is 0 Å². The summed E-state index contributed by atoms with van der Waals surface area (Å²) in [5.41, 5.74) is 0.285. The Hall–Kier alpha value is -1.66. The number of aliphatic hydroxyl groups excluding tert-OH is 2. The molecular weight excluding hydrogens is 226 g/mol. The molecule has 0 spiro atoms. The van der Waals surface area contributed by atoms with Crippen molar-refractivity contribution in [2.24, 2.45) is 0 Å². The zero-order chi connectivity index (χ0) is 12.8. The summed E-state index contributed by atoms with van der Waals surface area (Å²) in [6.45, 7) is 1.82. The Morgan fingerprint density at radius 1 is 1.53 bits per heavy atom. The van der Waals surface area contributed by atoms with Crippen molar-refractivity contribution in [3.05, 3.63) is 33.9 Å². The van der Waals surface area contributed by atoms with Gasteiger partial charge in [-0.25, -0.2) is 0 Å². The molecule has 1 rings (SSSR count). The lowest BCUT2D eigenvalue weighted by molar-refractivity contribution is -0.385. The molecule has 0 saturated heterocycles. The number of benzene rings is 1. The topological polar surface area (TPSA) is 92.8 Å². The molecule has 0 heterocycles. The van der Waals surface area contributed by atoms with Crippen LogP contribution in [0.4, 0.5) is 5.69 Å². The van der Waals surface area contributed by atoms with Crippen molar-refractivity contribution in [1.82, 2.24) is 0 Å². The predicted octanol–water partition coefficient (Wildman–Crippen LogP) is 1.41. The minimum Gasteiger partial charge on any atom is -0.493 e. The molecule has 1 unspecified atom stereocenters. The van der Waals surface area contributed by atoms with Gasteiger partial charge in [0.05, 0.1) is 17.6 Å². The van der Waals surface area contributed by atoms with Gasteiger partial charge in [0.25, 0.3) is 5.69 Å². The third-order valence-corrected chi connectivity index (χ3v) is 2.21. The Balaban J connectivity index is 2.92. The molecule has 0 saturated carbocycles. The highest BCUT2D eigenvalue weighted by Gasteiger charge is 2.15. The molecule has 17 heavy (non-hydrogen) atoms. The second-order valence-corrected chi connectivity index (χ2v) is 3.58. The molecule has 0 aliphatic carbocycles. The molecule has 94 valence electrons. The van der Waals surface area contributed by atoms with Crippen LogP contribution in [0, 0.1) is 10.1 Å². The molecule has 0 aromatic heterocycles. The Kier molecular flexibility index (Phi) is 4.86. The van der Waals surface area contributed by atoms with Crippen LogP contribution >= 0.6 is 0 Å². The number of ether oxygens (including phenoxy) is 1. The van der Waals surface area contributed by atoms with E-state index in [4.69, 9.17) is 9.84 Å². The van der Waals surface area contributed by atoms with Crippen molar-refractivity contribution in [1.29, 1.82) is 0 Å². The van der Waals surface area contributed by atoms with Crippen LogP contribution in [0.15, 0.2) is 18.2 Å². The highest BCUT2D eigenvalue weighted by Crippen LogP contribution is 2.29. The van der Waals surface area contributed by atoms with Crippen LogP contribution < -0.4 is 4.74 Å². The molecule has 0 radical (unpaired) electrons. The number of nitro benzene ring substituents is 1. The third kappa shape index (κ3) is 3.69. The summed E-state index contributed by atoms with van der Waals surface area (Å²) in [6, 6.07) is 4.07. The van der Waals surface area contributed by atoms with E-state index in [0.29, 0.717) is 24.3 Å². The highest BCUT2D eigenvalue weighted by atomic mass is 16.6. The van der Waals surface area contributed by atoms with Crippen molar-refractivity contribution in [3.8, 4) is 5.75 Å². The highest BCUT2D eigenvalue weighted by molar-refractivity contribution is 5.44. The summed E-state index contributed by atoms with van der Waals surface area (Å²) in [6.07, 6.45) is -0.380. The van der Waals surface area contributed by atoms with E-state index in [1.54, 1.807) is 0 Å². The fourth-order valence-electron chi connectivity index (χ4n) is 1.35. The summed E-state index contributed by atoms with van der Waals surface area (Å²) in [7, 11) is 0. The molecule has 6 heteroatoms. The van der Waals surface area contributed by atoms with Crippen LogP contribution in [0.2, 0.25) is 0 Å². The van der Waals surface area contributed by atoms with Gasteiger partial charge in [0, 0.05) is 30.7 Å². The largest absolute Gasteiger partial charge is 0.493 e. The van der Waals surface area contributed by atoms with Gasteiger partial charge in [0.1, 0.15) is 5.75 Å². The quantitative estimate of drug-likeness (QED) is 0.446. The van der Waals surface area contributed by atoms with Crippen LogP contribution in [-0.2, 0) is 0 Å². The van der Waals surface area contributed by atoms with Gasteiger partial charge in [-0.15, -0.1) is 0 Å². The molecule has 1 aromatic rings. The fraction of sp³-hybridized carbons (Fsp3) is 0.455. The first-order valence-corrected chi connectivity index (χ1v) is 5.26. The summed E-state index contributed by atoms with van der Waals surface area (Å²) in [5, 5.41) is 28.7. The molecule has 1 atom stereocenters. The van der Waals surface area contributed by atoms with Gasteiger partial charge in [-0.2, -0.15) is 0 Å². The first kappa shape index (κ1) is 13.4. The number of rotatable bonds is 6. The predicted molar refractivity (Wildman–Crippen MR) is 60.9 cm³/mol. The Bertz CT molecular complexity index is 391. The molecule has 0 amide bonds. The van der Waals surface area contributed by atoms with E-state index in [2.05, 4.69) is 0 Å². The van der Waals surface area contributed by atoms with Crippen LogP contribution in [0.5, 0.6) is 5.75 Å². The van der Waals surface area contributed by atoms with Crippen molar-refractivity contribution < 1.29 is 19.9 Å².